The minimum Gasteiger partial charge on any atom is -0.303 e. The number of aldehydes is 1. The summed E-state index contributed by atoms with van der Waals surface area (Å²) in [6, 6.07) is 0. The van der Waals surface area contributed by atoms with Crippen molar-refractivity contribution in [1.29, 1.82) is 0 Å². The van der Waals surface area contributed by atoms with Gasteiger partial charge in [0, 0.05) is 5.41 Å². The van der Waals surface area contributed by atoms with Gasteiger partial charge in [-0.1, -0.05) is 31.9 Å². The number of carbonyl (C=O) groups is 2. The Labute approximate surface area is 129 Å². The van der Waals surface area contributed by atoms with E-state index >= 15 is 0 Å². The molecule has 0 radical (unpaired) electrons. The molecule has 0 aromatic carbocycles. The highest BCUT2D eigenvalue weighted by Crippen LogP contribution is 2.58. The molecule has 0 saturated heterocycles. The molecule has 0 N–H and O–H groups in total. The van der Waals surface area contributed by atoms with Gasteiger partial charge in [0.05, 0.1) is 5.92 Å². The van der Waals surface area contributed by atoms with Crippen LogP contribution in [0.2, 0.25) is 0 Å². The summed E-state index contributed by atoms with van der Waals surface area (Å²) in [5.41, 5.74) is 1.36. The smallest absolute Gasteiger partial charge is 0.149 e. The van der Waals surface area contributed by atoms with Gasteiger partial charge >= 0.3 is 0 Å². The fourth-order valence-electron chi connectivity index (χ4n) is 4.96. The molecule has 118 valence electrons. The second kappa shape index (κ2) is 6.06. The molecule has 2 saturated carbocycles. The van der Waals surface area contributed by atoms with E-state index in [9.17, 15) is 9.59 Å². The van der Waals surface area contributed by atoms with Crippen molar-refractivity contribution < 1.29 is 9.59 Å². The molecule has 21 heavy (non-hydrogen) atoms. The van der Waals surface area contributed by atoms with Crippen molar-refractivity contribution in [3.8, 4) is 0 Å². The minimum absolute atomic E-state index is 0.224. The van der Waals surface area contributed by atoms with Crippen LogP contribution in [0, 0.1) is 22.7 Å². The van der Waals surface area contributed by atoms with Crippen LogP contribution in [0.5, 0.6) is 0 Å². The van der Waals surface area contributed by atoms with Gasteiger partial charge in [-0.15, -0.1) is 0 Å². The number of hydrogen-bond donors (Lipinski definition) is 0. The average Bonchev–Trinajstić information content (AvgIpc) is 2.40. The van der Waals surface area contributed by atoms with Gasteiger partial charge < -0.3 is 4.79 Å². The molecule has 0 heterocycles. The fraction of sp³-hybridized carbons (Fsp3) is 0.789. The van der Waals surface area contributed by atoms with E-state index in [1.807, 2.05) is 0 Å². The highest BCUT2D eigenvalue weighted by molar-refractivity contribution is 5.98. The van der Waals surface area contributed by atoms with Gasteiger partial charge in [0.1, 0.15) is 12.1 Å². The Bertz CT molecular complexity index is 446. The topological polar surface area (TPSA) is 34.1 Å². The van der Waals surface area contributed by atoms with E-state index in [0.29, 0.717) is 5.92 Å². The van der Waals surface area contributed by atoms with Crippen LogP contribution in [-0.2, 0) is 9.59 Å². The quantitative estimate of drug-likeness (QED) is 0.426. The van der Waals surface area contributed by atoms with Crippen LogP contribution in [0.4, 0.5) is 0 Å². The largest absolute Gasteiger partial charge is 0.303 e. The van der Waals surface area contributed by atoms with Gasteiger partial charge in [-0.2, -0.15) is 0 Å². The molecule has 2 aliphatic rings. The predicted molar refractivity (Wildman–Crippen MR) is 86.0 cm³/mol. The second-order valence-electron chi connectivity index (χ2n) is 7.98. The van der Waals surface area contributed by atoms with Crippen LogP contribution in [-0.4, -0.2) is 12.1 Å². The van der Waals surface area contributed by atoms with Crippen molar-refractivity contribution in [3.05, 3.63) is 11.6 Å². The first-order valence-electron chi connectivity index (χ1n) is 8.46. The zero-order chi connectivity index (χ0) is 15.7. The second-order valence-corrected chi connectivity index (χ2v) is 7.98. The van der Waals surface area contributed by atoms with E-state index < -0.39 is 0 Å². The van der Waals surface area contributed by atoms with Crippen molar-refractivity contribution in [2.75, 3.05) is 0 Å². The van der Waals surface area contributed by atoms with Crippen molar-refractivity contribution in [2.24, 2.45) is 22.7 Å². The summed E-state index contributed by atoms with van der Waals surface area (Å²) in [5, 5.41) is 0. The molecule has 4 atom stereocenters. The molecule has 2 aliphatic carbocycles. The highest BCUT2D eigenvalue weighted by Gasteiger charge is 2.55. The van der Waals surface area contributed by atoms with Crippen LogP contribution in [0.25, 0.3) is 0 Å². The molecule has 0 aromatic heterocycles. The van der Waals surface area contributed by atoms with Gasteiger partial charge in [-0.25, -0.2) is 0 Å². The van der Waals surface area contributed by atoms with E-state index in [4.69, 9.17) is 0 Å². The third-order valence-electron chi connectivity index (χ3n) is 6.15. The van der Waals surface area contributed by atoms with Crippen molar-refractivity contribution in [3.63, 3.8) is 0 Å². The Kier molecular flexibility index (Phi) is 4.75. The molecule has 1 unspecified atom stereocenters. The predicted octanol–water partition coefficient (Wildman–Crippen LogP) is 4.72. The van der Waals surface area contributed by atoms with Crippen molar-refractivity contribution in [1.82, 2.24) is 0 Å². The minimum atomic E-state index is -0.341. The maximum atomic E-state index is 12.7. The van der Waals surface area contributed by atoms with Crippen LogP contribution < -0.4 is 0 Å². The lowest BCUT2D eigenvalue weighted by atomic mass is 9.48. The maximum absolute atomic E-state index is 12.7. The number of Topliss-reactive ketones (excluding diaryl/α,β-unsaturated/α-hetero) is 1. The molecule has 0 spiro atoms. The summed E-state index contributed by atoms with van der Waals surface area (Å²) in [6.07, 6.45) is 10.6. The van der Waals surface area contributed by atoms with Gasteiger partial charge in [0.2, 0.25) is 0 Å². The lowest BCUT2D eigenvalue weighted by Crippen LogP contribution is -2.53. The van der Waals surface area contributed by atoms with Gasteiger partial charge in [0.15, 0.2) is 0 Å². The van der Waals surface area contributed by atoms with Crippen molar-refractivity contribution >= 4 is 12.1 Å². The molecule has 2 heteroatoms. The molecule has 0 aliphatic heterocycles. The monoisotopic (exact) mass is 290 g/mol. The lowest BCUT2D eigenvalue weighted by molar-refractivity contribution is -0.151. The molecular weight excluding hydrogens is 260 g/mol. The summed E-state index contributed by atoms with van der Waals surface area (Å²) in [7, 11) is 0. The lowest BCUT2D eigenvalue weighted by Gasteiger charge is -2.55. The molecule has 2 rings (SSSR count). The summed E-state index contributed by atoms with van der Waals surface area (Å²) >= 11 is 0. The maximum Gasteiger partial charge on any atom is 0.149 e. The molecular formula is C19H30O2. The zero-order valence-corrected chi connectivity index (χ0v) is 14.1. The highest BCUT2D eigenvalue weighted by atomic mass is 16.1. The van der Waals surface area contributed by atoms with E-state index in [0.717, 1.165) is 44.8 Å². The number of carbonyl (C=O) groups excluding carboxylic acids is 2. The van der Waals surface area contributed by atoms with Crippen LogP contribution in [0.1, 0.15) is 72.6 Å². The molecule has 2 fully saturated rings. The standard InChI is InChI=1S/C19H30O2/c1-14(2)7-5-10-18(3)11-6-12-19(4)16(18)9-8-15(13-20)17(19)21/h7,13,15-16H,5-6,8-12H2,1-4H3/t15?,16-,18+,19-/m0/s1. The van der Waals surface area contributed by atoms with Gasteiger partial charge in [-0.3, -0.25) is 4.79 Å². The average molecular weight is 290 g/mol. The summed E-state index contributed by atoms with van der Waals surface area (Å²) in [6.45, 7) is 8.80. The third-order valence-corrected chi connectivity index (χ3v) is 6.15. The number of allylic oxidation sites excluding steroid dienone is 2. The van der Waals surface area contributed by atoms with E-state index in [2.05, 4.69) is 33.8 Å². The van der Waals surface area contributed by atoms with E-state index in [1.165, 1.54) is 12.0 Å². The summed E-state index contributed by atoms with van der Waals surface area (Å²) < 4.78 is 0. The Morgan fingerprint density at radius 2 is 1.95 bits per heavy atom. The van der Waals surface area contributed by atoms with E-state index in [-0.39, 0.29) is 22.5 Å². The number of fused-ring (bicyclic) bond motifs is 1. The Hall–Kier alpha value is -0.920. The fourth-order valence-corrected chi connectivity index (χ4v) is 4.96. The van der Waals surface area contributed by atoms with Crippen LogP contribution in [0.3, 0.4) is 0 Å². The normalized spacial score (nSPS) is 39.5. The molecule has 2 nitrogen and oxygen atoms in total. The zero-order valence-electron chi connectivity index (χ0n) is 14.1. The van der Waals surface area contributed by atoms with E-state index in [1.54, 1.807) is 0 Å². The van der Waals surface area contributed by atoms with Crippen LogP contribution >= 0.6 is 0 Å². The first kappa shape index (κ1) is 16.5. The number of ketones is 1. The molecule has 0 amide bonds. The number of rotatable bonds is 4. The summed E-state index contributed by atoms with van der Waals surface area (Å²) in [4.78, 5) is 23.9. The molecule has 0 aromatic rings. The Morgan fingerprint density at radius 3 is 2.57 bits per heavy atom. The van der Waals surface area contributed by atoms with Crippen molar-refractivity contribution in [2.45, 2.75) is 72.6 Å². The van der Waals surface area contributed by atoms with Crippen LogP contribution in [0.15, 0.2) is 11.6 Å². The van der Waals surface area contributed by atoms with Gasteiger partial charge in [-0.05, 0) is 63.7 Å². The number of hydrogen-bond acceptors (Lipinski definition) is 2. The molecule has 0 bridgehead atoms. The van der Waals surface area contributed by atoms with Gasteiger partial charge in [0.25, 0.3) is 0 Å². The first-order valence-corrected chi connectivity index (χ1v) is 8.46. The Balaban J connectivity index is 2.20. The first-order chi connectivity index (χ1) is 9.83. The third kappa shape index (κ3) is 3.00. The Morgan fingerprint density at radius 1 is 1.24 bits per heavy atom. The summed E-state index contributed by atoms with van der Waals surface area (Å²) in [5.74, 6) is 0.335. The SMILES string of the molecule is CC(C)=CCC[C@]1(C)CCC[C@]2(C)C(=O)C(C=O)CC[C@@H]12.